The number of nitrogens with one attached hydrogen (secondary N) is 1. The van der Waals surface area contributed by atoms with E-state index in [0.717, 1.165) is 44.2 Å². The van der Waals surface area contributed by atoms with Crippen LogP contribution in [0.5, 0.6) is 0 Å². The van der Waals surface area contributed by atoms with Gasteiger partial charge in [-0.1, -0.05) is 39.5 Å². The maximum absolute atomic E-state index is 12.7. The monoisotopic (exact) mass is 348 g/mol. The Bertz CT molecular complexity index is 517. The lowest BCUT2D eigenvalue weighted by Gasteiger charge is -2.22. The van der Waals surface area contributed by atoms with Gasteiger partial charge in [0.1, 0.15) is 5.69 Å². The van der Waals surface area contributed by atoms with Crippen LogP contribution < -0.4 is 5.32 Å². The summed E-state index contributed by atoms with van der Waals surface area (Å²) in [5, 5.41) is 2.90. The average molecular weight is 348 g/mol. The molecule has 0 unspecified atom stereocenters. The molecule has 0 saturated carbocycles. The van der Waals surface area contributed by atoms with Gasteiger partial charge in [-0.05, 0) is 19.8 Å². The number of aromatic nitrogens is 2. The second-order valence-electron chi connectivity index (χ2n) is 6.35. The van der Waals surface area contributed by atoms with Gasteiger partial charge >= 0.3 is 0 Å². The lowest BCUT2D eigenvalue weighted by atomic mass is 10.2. The predicted octanol–water partition coefficient (Wildman–Crippen LogP) is 3.11. The molecule has 1 N–H and O–H groups in total. The largest absolute Gasteiger partial charge is 0.356 e. The molecule has 1 aromatic heterocycles. The van der Waals surface area contributed by atoms with E-state index in [4.69, 9.17) is 0 Å². The Balaban J connectivity index is 2.60. The van der Waals surface area contributed by atoms with Gasteiger partial charge in [-0.2, -0.15) is 0 Å². The summed E-state index contributed by atoms with van der Waals surface area (Å²) in [7, 11) is 0. The Morgan fingerprint density at radius 3 is 2.40 bits per heavy atom. The van der Waals surface area contributed by atoms with Crippen molar-refractivity contribution in [1.29, 1.82) is 0 Å². The van der Waals surface area contributed by atoms with Gasteiger partial charge < -0.3 is 10.2 Å². The van der Waals surface area contributed by atoms with Gasteiger partial charge in [-0.15, -0.1) is 0 Å². The van der Waals surface area contributed by atoms with Crippen LogP contribution in [0.1, 0.15) is 75.0 Å². The van der Waals surface area contributed by atoms with Gasteiger partial charge in [0.2, 0.25) is 5.91 Å². The lowest BCUT2D eigenvalue weighted by molar-refractivity contribution is -0.121. The quantitative estimate of drug-likeness (QED) is 0.589. The number of nitrogens with zero attached hydrogens (tertiary/aromatic N) is 3. The smallest absolute Gasteiger partial charge is 0.274 e. The van der Waals surface area contributed by atoms with E-state index >= 15 is 0 Å². The summed E-state index contributed by atoms with van der Waals surface area (Å²) in [6, 6.07) is 0. The van der Waals surface area contributed by atoms with Crippen molar-refractivity contribution in [2.75, 3.05) is 19.6 Å². The fraction of sp³-hybridized carbons (Fsp3) is 0.684. The van der Waals surface area contributed by atoms with Crippen molar-refractivity contribution in [2.24, 2.45) is 0 Å². The first-order valence-electron chi connectivity index (χ1n) is 9.43. The molecule has 1 rings (SSSR count). The Kier molecular flexibility index (Phi) is 10.4. The molecule has 0 atom stereocenters. The third kappa shape index (κ3) is 8.61. The van der Waals surface area contributed by atoms with Gasteiger partial charge in [0.25, 0.3) is 5.91 Å². The third-order valence-corrected chi connectivity index (χ3v) is 4.03. The van der Waals surface area contributed by atoms with Gasteiger partial charge in [-0.3, -0.25) is 14.6 Å². The summed E-state index contributed by atoms with van der Waals surface area (Å²) < 4.78 is 0. The summed E-state index contributed by atoms with van der Waals surface area (Å²) in [5.74, 6) is -0.153. The summed E-state index contributed by atoms with van der Waals surface area (Å²) >= 11 is 0. The normalized spacial score (nSPS) is 10.5. The Morgan fingerprint density at radius 1 is 1.00 bits per heavy atom. The molecule has 0 fully saturated rings. The van der Waals surface area contributed by atoms with E-state index in [-0.39, 0.29) is 11.8 Å². The molecule has 0 radical (unpaired) electrons. The highest BCUT2D eigenvalue weighted by Gasteiger charge is 2.18. The minimum absolute atomic E-state index is 0.00482. The zero-order valence-electron chi connectivity index (χ0n) is 15.9. The Hall–Kier alpha value is -1.98. The maximum atomic E-state index is 12.7. The minimum atomic E-state index is -0.148. The van der Waals surface area contributed by atoms with E-state index in [0.29, 0.717) is 31.7 Å². The number of aryl methyl sites for hydroxylation is 1. The molecule has 0 aliphatic heterocycles. The van der Waals surface area contributed by atoms with Crippen molar-refractivity contribution < 1.29 is 9.59 Å². The highest BCUT2D eigenvalue weighted by molar-refractivity contribution is 5.92. The van der Waals surface area contributed by atoms with Gasteiger partial charge in [-0.25, -0.2) is 4.98 Å². The van der Waals surface area contributed by atoms with Crippen molar-refractivity contribution in [3.63, 3.8) is 0 Å². The van der Waals surface area contributed by atoms with Crippen molar-refractivity contribution >= 4 is 11.8 Å². The molecule has 0 spiro atoms. The third-order valence-electron chi connectivity index (χ3n) is 4.03. The average Bonchev–Trinajstić information content (AvgIpc) is 2.61. The van der Waals surface area contributed by atoms with Crippen LogP contribution in [-0.2, 0) is 4.79 Å². The molecule has 6 nitrogen and oxygen atoms in total. The van der Waals surface area contributed by atoms with Crippen molar-refractivity contribution in [1.82, 2.24) is 20.2 Å². The highest BCUT2D eigenvalue weighted by Crippen LogP contribution is 2.07. The van der Waals surface area contributed by atoms with E-state index in [9.17, 15) is 9.59 Å². The number of carbonyl (C=O) groups is 2. The summed E-state index contributed by atoms with van der Waals surface area (Å²) in [6.45, 7) is 7.85. The van der Waals surface area contributed by atoms with Crippen LogP contribution in [0.3, 0.4) is 0 Å². The number of rotatable bonds is 12. The van der Waals surface area contributed by atoms with Crippen LogP contribution in [0.4, 0.5) is 0 Å². The zero-order valence-corrected chi connectivity index (χ0v) is 15.9. The topological polar surface area (TPSA) is 75.2 Å². The first kappa shape index (κ1) is 21.1. The molecule has 0 aliphatic rings. The first-order chi connectivity index (χ1) is 12.1. The van der Waals surface area contributed by atoms with Gasteiger partial charge in [0, 0.05) is 32.3 Å². The molecule has 25 heavy (non-hydrogen) atoms. The molecular weight excluding hydrogens is 316 g/mol. The standard InChI is InChI=1S/C19H32N4O2/c1-4-6-8-9-12-23(13-10-18(24)20-11-7-5-2)19(25)17-15-21-16(3)14-22-17/h14-15H,4-13H2,1-3H3,(H,20,24). The van der Waals surface area contributed by atoms with E-state index in [1.54, 1.807) is 11.1 Å². The highest BCUT2D eigenvalue weighted by atomic mass is 16.2. The molecule has 6 heteroatoms. The second kappa shape index (κ2) is 12.4. The van der Waals surface area contributed by atoms with Crippen LogP contribution in [0.2, 0.25) is 0 Å². The molecule has 0 bridgehead atoms. The van der Waals surface area contributed by atoms with E-state index in [1.807, 2.05) is 6.92 Å². The van der Waals surface area contributed by atoms with Crippen LogP contribution in [0.25, 0.3) is 0 Å². The number of unbranched alkanes of at least 4 members (excludes halogenated alkanes) is 4. The molecule has 0 aromatic carbocycles. The van der Waals surface area contributed by atoms with Crippen molar-refractivity contribution in [2.45, 2.75) is 65.7 Å². The Morgan fingerprint density at radius 2 is 1.76 bits per heavy atom. The Labute approximate surface area is 151 Å². The molecule has 0 saturated heterocycles. The summed E-state index contributed by atoms with van der Waals surface area (Å²) in [6.07, 6.45) is 9.79. The van der Waals surface area contributed by atoms with Gasteiger partial charge in [0.15, 0.2) is 0 Å². The summed E-state index contributed by atoms with van der Waals surface area (Å²) in [4.78, 5) is 34.7. The van der Waals surface area contributed by atoms with Crippen LogP contribution in [-0.4, -0.2) is 46.3 Å². The first-order valence-corrected chi connectivity index (χ1v) is 9.43. The second-order valence-corrected chi connectivity index (χ2v) is 6.35. The minimum Gasteiger partial charge on any atom is -0.356 e. The van der Waals surface area contributed by atoms with Crippen molar-refractivity contribution in [3.8, 4) is 0 Å². The molecule has 0 aliphatic carbocycles. The molecule has 1 heterocycles. The maximum Gasteiger partial charge on any atom is 0.274 e. The molecule has 1 aromatic rings. The van der Waals surface area contributed by atoms with Crippen molar-refractivity contribution in [3.05, 3.63) is 23.8 Å². The van der Waals surface area contributed by atoms with E-state index in [1.165, 1.54) is 6.20 Å². The fourth-order valence-corrected chi connectivity index (χ4v) is 2.44. The number of hydrogen-bond acceptors (Lipinski definition) is 4. The fourth-order valence-electron chi connectivity index (χ4n) is 2.44. The zero-order chi connectivity index (χ0) is 18.5. The summed E-state index contributed by atoms with van der Waals surface area (Å²) in [5.41, 5.74) is 1.12. The van der Waals surface area contributed by atoms with Crippen LogP contribution >= 0.6 is 0 Å². The predicted molar refractivity (Wildman–Crippen MR) is 99.3 cm³/mol. The number of amides is 2. The molecule has 140 valence electrons. The van der Waals surface area contributed by atoms with Crippen LogP contribution in [0, 0.1) is 6.92 Å². The van der Waals surface area contributed by atoms with E-state index in [2.05, 4.69) is 29.1 Å². The van der Waals surface area contributed by atoms with Crippen LogP contribution in [0.15, 0.2) is 12.4 Å². The van der Waals surface area contributed by atoms with E-state index < -0.39 is 0 Å². The van der Waals surface area contributed by atoms with Gasteiger partial charge in [0.05, 0.1) is 11.9 Å². The SMILES string of the molecule is CCCCCCN(CCC(=O)NCCCC)C(=O)c1cnc(C)cn1. The molecular formula is C19H32N4O2. The molecule has 2 amide bonds. The number of carbonyl (C=O) groups excluding carboxylic acids is 2. The number of hydrogen-bond donors (Lipinski definition) is 1. The lowest BCUT2D eigenvalue weighted by Crippen LogP contribution is -2.36.